The Balaban J connectivity index is 1.57. The second-order valence-corrected chi connectivity index (χ2v) is 8.24. The summed E-state index contributed by atoms with van der Waals surface area (Å²) in [5.74, 6) is 0. The van der Waals surface area contributed by atoms with Crippen molar-refractivity contribution in [3.63, 3.8) is 0 Å². The molecule has 0 saturated carbocycles. The van der Waals surface area contributed by atoms with Crippen molar-refractivity contribution < 1.29 is 5.11 Å². The van der Waals surface area contributed by atoms with E-state index in [1.807, 2.05) is 0 Å². The number of hydrogen-bond donors (Lipinski definition) is 2. The van der Waals surface area contributed by atoms with Crippen LogP contribution in [0.1, 0.15) is 41.5 Å². The average molecular weight is 370 g/mol. The van der Waals surface area contributed by atoms with Crippen LogP contribution in [0.5, 0.6) is 0 Å². The maximum atomic E-state index is 9.08. The van der Waals surface area contributed by atoms with E-state index in [9.17, 15) is 0 Å². The minimum Gasteiger partial charge on any atom is -0.396 e. The second kappa shape index (κ2) is 7.10. The van der Waals surface area contributed by atoms with Crippen LogP contribution in [0.2, 0.25) is 0 Å². The molecule has 0 amide bonds. The molecule has 0 saturated heterocycles. The van der Waals surface area contributed by atoms with E-state index in [2.05, 4.69) is 72.0 Å². The standard InChI is InChI=1S/C26H27NO/c28-16-7-1-2-9-19-11-8-13-21-22-12-4-5-14-24(22)26(18-23(19)21)17-20-10-3-6-15-25(20)27-26/h3-6,8,10-15,27-28H,1-2,7,9,16-18H2. The van der Waals surface area contributed by atoms with Crippen LogP contribution in [0.15, 0.2) is 66.7 Å². The molecule has 1 heterocycles. The molecule has 1 spiro atoms. The maximum Gasteiger partial charge on any atom is 0.0712 e. The zero-order valence-electron chi connectivity index (χ0n) is 16.2. The Morgan fingerprint density at radius 3 is 2.50 bits per heavy atom. The summed E-state index contributed by atoms with van der Waals surface area (Å²) >= 11 is 0. The van der Waals surface area contributed by atoms with Crippen molar-refractivity contribution in [2.45, 2.75) is 44.1 Å². The highest BCUT2D eigenvalue weighted by Gasteiger charge is 2.43. The third-order valence-corrected chi connectivity index (χ3v) is 6.47. The first kappa shape index (κ1) is 17.5. The van der Waals surface area contributed by atoms with Gasteiger partial charge in [-0.2, -0.15) is 0 Å². The molecule has 2 N–H and O–H groups in total. The molecule has 0 bridgehead atoms. The smallest absolute Gasteiger partial charge is 0.0712 e. The lowest BCUT2D eigenvalue weighted by molar-refractivity contribution is 0.283. The van der Waals surface area contributed by atoms with Gasteiger partial charge in [-0.3, -0.25) is 0 Å². The summed E-state index contributed by atoms with van der Waals surface area (Å²) < 4.78 is 0. The number of unbranched alkanes of at least 4 members (excludes halogenated alkanes) is 2. The van der Waals surface area contributed by atoms with Crippen LogP contribution in [0.25, 0.3) is 11.1 Å². The zero-order valence-corrected chi connectivity index (χ0v) is 16.2. The van der Waals surface area contributed by atoms with E-state index in [0.29, 0.717) is 6.61 Å². The summed E-state index contributed by atoms with van der Waals surface area (Å²) in [4.78, 5) is 0. The van der Waals surface area contributed by atoms with Gasteiger partial charge in [0.15, 0.2) is 0 Å². The van der Waals surface area contributed by atoms with Crippen LogP contribution in [0, 0.1) is 0 Å². The van der Waals surface area contributed by atoms with Gasteiger partial charge in [0.05, 0.1) is 5.54 Å². The van der Waals surface area contributed by atoms with Gasteiger partial charge >= 0.3 is 0 Å². The van der Waals surface area contributed by atoms with Crippen molar-refractivity contribution in [2.75, 3.05) is 11.9 Å². The van der Waals surface area contributed by atoms with Gasteiger partial charge in [0.1, 0.15) is 0 Å². The van der Waals surface area contributed by atoms with E-state index in [0.717, 1.165) is 38.5 Å². The molecule has 2 nitrogen and oxygen atoms in total. The first-order valence-corrected chi connectivity index (χ1v) is 10.5. The van der Waals surface area contributed by atoms with E-state index in [-0.39, 0.29) is 5.54 Å². The Hall–Kier alpha value is -2.58. The monoisotopic (exact) mass is 369 g/mol. The molecular formula is C26H27NO. The number of aryl methyl sites for hydroxylation is 1. The molecule has 1 aliphatic carbocycles. The number of anilines is 1. The summed E-state index contributed by atoms with van der Waals surface area (Å²) in [5, 5.41) is 13.0. The predicted octanol–water partition coefficient (Wildman–Crippen LogP) is 5.48. The number of rotatable bonds is 5. The molecule has 2 heteroatoms. The number of benzene rings is 3. The van der Waals surface area contributed by atoms with E-state index in [1.54, 1.807) is 0 Å². The number of aliphatic hydroxyl groups is 1. The number of nitrogens with one attached hydrogen (secondary N) is 1. The number of aliphatic hydroxyl groups excluding tert-OH is 1. The fourth-order valence-corrected chi connectivity index (χ4v) is 5.16. The van der Waals surface area contributed by atoms with Gasteiger partial charge in [-0.15, -0.1) is 0 Å². The number of hydrogen-bond acceptors (Lipinski definition) is 2. The molecule has 3 aromatic carbocycles. The van der Waals surface area contributed by atoms with Crippen LogP contribution in [-0.4, -0.2) is 11.7 Å². The van der Waals surface area contributed by atoms with Crippen molar-refractivity contribution >= 4 is 5.69 Å². The Labute approximate surface area is 167 Å². The van der Waals surface area contributed by atoms with Crippen molar-refractivity contribution in [3.8, 4) is 11.1 Å². The van der Waals surface area contributed by atoms with Crippen molar-refractivity contribution in [1.82, 2.24) is 0 Å². The van der Waals surface area contributed by atoms with Crippen LogP contribution in [0.3, 0.4) is 0 Å². The Morgan fingerprint density at radius 1 is 0.786 bits per heavy atom. The molecule has 0 aromatic heterocycles. The lowest BCUT2D eigenvalue weighted by Crippen LogP contribution is -2.39. The van der Waals surface area contributed by atoms with Crippen LogP contribution < -0.4 is 5.32 Å². The Kier molecular flexibility index (Phi) is 4.44. The number of fused-ring (bicyclic) bond motifs is 5. The van der Waals surface area contributed by atoms with Gasteiger partial charge in [-0.25, -0.2) is 0 Å². The van der Waals surface area contributed by atoms with Crippen molar-refractivity contribution in [3.05, 3.63) is 89.0 Å². The van der Waals surface area contributed by atoms with Crippen LogP contribution >= 0.6 is 0 Å². The van der Waals surface area contributed by atoms with Gasteiger partial charge < -0.3 is 10.4 Å². The minimum atomic E-state index is -0.0471. The van der Waals surface area contributed by atoms with Crippen LogP contribution in [0.4, 0.5) is 5.69 Å². The Morgan fingerprint density at radius 2 is 1.61 bits per heavy atom. The molecule has 0 radical (unpaired) electrons. The fraction of sp³-hybridized carbons (Fsp3) is 0.308. The lowest BCUT2D eigenvalue weighted by atomic mass is 9.71. The third kappa shape index (κ3) is 2.84. The summed E-state index contributed by atoms with van der Waals surface area (Å²) in [6.45, 7) is 0.297. The van der Waals surface area contributed by atoms with Crippen molar-refractivity contribution in [1.29, 1.82) is 0 Å². The van der Waals surface area contributed by atoms with E-state index < -0.39 is 0 Å². The molecule has 0 fully saturated rings. The molecular weight excluding hydrogens is 342 g/mol. The third-order valence-electron chi connectivity index (χ3n) is 6.47. The molecule has 1 aliphatic heterocycles. The predicted molar refractivity (Wildman–Crippen MR) is 116 cm³/mol. The maximum absolute atomic E-state index is 9.08. The zero-order chi connectivity index (χ0) is 19.0. The summed E-state index contributed by atoms with van der Waals surface area (Å²) in [6.07, 6.45) is 6.29. The summed E-state index contributed by atoms with van der Waals surface area (Å²) in [5.41, 5.74) is 9.83. The minimum absolute atomic E-state index is 0.0471. The van der Waals surface area contributed by atoms with Gasteiger partial charge in [0, 0.05) is 25.1 Å². The SMILES string of the molecule is OCCCCCc1cccc2c1CC1(Cc3ccccc3N1)c1ccccc1-2. The normalized spacial score (nSPS) is 19.0. The van der Waals surface area contributed by atoms with Gasteiger partial charge in [-0.05, 0) is 58.7 Å². The first-order chi connectivity index (χ1) is 13.8. The fourth-order valence-electron chi connectivity index (χ4n) is 5.16. The molecule has 2 aliphatic rings. The average Bonchev–Trinajstić information content (AvgIpc) is 3.10. The highest BCUT2D eigenvalue weighted by atomic mass is 16.2. The van der Waals surface area contributed by atoms with Crippen molar-refractivity contribution in [2.24, 2.45) is 0 Å². The van der Waals surface area contributed by atoms with Gasteiger partial charge in [-0.1, -0.05) is 67.1 Å². The molecule has 28 heavy (non-hydrogen) atoms. The van der Waals surface area contributed by atoms with E-state index in [1.165, 1.54) is 39.1 Å². The molecule has 142 valence electrons. The topological polar surface area (TPSA) is 32.3 Å². The molecule has 1 unspecified atom stereocenters. The van der Waals surface area contributed by atoms with E-state index in [4.69, 9.17) is 5.11 Å². The highest BCUT2D eigenvalue weighted by Crippen LogP contribution is 2.49. The Bertz CT molecular complexity index is 982. The molecule has 5 rings (SSSR count). The quantitative estimate of drug-likeness (QED) is 0.584. The number of para-hydroxylation sites is 1. The van der Waals surface area contributed by atoms with Gasteiger partial charge in [0.2, 0.25) is 0 Å². The van der Waals surface area contributed by atoms with Crippen LogP contribution in [-0.2, 0) is 24.8 Å². The lowest BCUT2D eigenvalue weighted by Gasteiger charge is -2.39. The highest BCUT2D eigenvalue weighted by molar-refractivity contribution is 5.79. The second-order valence-electron chi connectivity index (χ2n) is 8.24. The molecule has 1 atom stereocenters. The molecule has 3 aromatic rings. The van der Waals surface area contributed by atoms with E-state index >= 15 is 0 Å². The summed E-state index contributed by atoms with van der Waals surface area (Å²) in [6, 6.07) is 24.5. The van der Waals surface area contributed by atoms with Gasteiger partial charge in [0.25, 0.3) is 0 Å². The largest absolute Gasteiger partial charge is 0.396 e. The first-order valence-electron chi connectivity index (χ1n) is 10.5. The summed E-state index contributed by atoms with van der Waals surface area (Å²) in [7, 11) is 0.